The minimum Gasteiger partial charge on any atom is -0.323 e. The van der Waals surface area contributed by atoms with Gasteiger partial charge in [-0.15, -0.1) is 0 Å². The predicted octanol–water partition coefficient (Wildman–Crippen LogP) is 4.57. The molecule has 3 rings (SSSR count). The van der Waals surface area contributed by atoms with Gasteiger partial charge in [0, 0.05) is 28.5 Å². The molecule has 0 fully saturated rings. The topological polar surface area (TPSA) is 4.41 Å². The molecule has 0 saturated carbocycles. The van der Waals surface area contributed by atoms with Crippen LogP contribution in [0.2, 0.25) is 5.02 Å². The minimum absolute atomic E-state index is 0.772. The Labute approximate surface area is 105 Å². The summed E-state index contributed by atoms with van der Waals surface area (Å²) in [6, 6.07) is 14.3. The Hall–Kier alpha value is -1.73. The van der Waals surface area contributed by atoms with E-state index in [1.54, 1.807) is 0 Å². The second kappa shape index (κ2) is 3.94. The van der Waals surface area contributed by atoms with Crippen molar-refractivity contribution in [2.24, 2.45) is 0 Å². The van der Waals surface area contributed by atoms with E-state index in [0.717, 1.165) is 5.02 Å². The van der Waals surface area contributed by atoms with E-state index in [1.807, 2.05) is 24.3 Å². The second-order valence-corrected chi connectivity index (χ2v) is 4.66. The molecule has 84 valence electrons. The number of aryl methyl sites for hydroxylation is 1. The zero-order valence-electron chi connectivity index (χ0n) is 9.52. The maximum Gasteiger partial charge on any atom is 0.0485 e. The van der Waals surface area contributed by atoms with Crippen LogP contribution in [0.25, 0.3) is 16.6 Å². The maximum absolute atomic E-state index is 5.90. The first kappa shape index (κ1) is 10.4. The highest BCUT2D eigenvalue weighted by atomic mass is 35.5. The molecule has 0 radical (unpaired) electrons. The Bertz CT molecular complexity index is 665. The lowest BCUT2D eigenvalue weighted by atomic mass is 10.1. The fourth-order valence-electron chi connectivity index (χ4n) is 2.08. The molecule has 3 aromatic rings. The van der Waals surface area contributed by atoms with Crippen molar-refractivity contribution in [2.45, 2.75) is 6.92 Å². The fourth-order valence-corrected chi connectivity index (χ4v) is 2.21. The van der Waals surface area contributed by atoms with Gasteiger partial charge in [-0.2, -0.15) is 0 Å². The van der Waals surface area contributed by atoms with E-state index in [0.29, 0.717) is 0 Å². The van der Waals surface area contributed by atoms with Crippen LogP contribution in [0, 0.1) is 6.92 Å². The third-order valence-electron chi connectivity index (χ3n) is 3.02. The molecule has 0 N–H and O–H groups in total. The van der Waals surface area contributed by atoms with Crippen LogP contribution < -0.4 is 0 Å². The summed E-state index contributed by atoms with van der Waals surface area (Å²) >= 11 is 5.90. The quantitative estimate of drug-likeness (QED) is 0.588. The number of pyridine rings is 1. The molecular weight excluding hydrogens is 230 g/mol. The van der Waals surface area contributed by atoms with Gasteiger partial charge in [0.25, 0.3) is 0 Å². The monoisotopic (exact) mass is 241 g/mol. The van der Waals surface area contributed by atoms with Crippen molar-refractivity contribution < 1.29 is 0 Å². The van der Waals surface area contributed by atoms with E-state index in [4.69, 9.17) is 11.6 Å². The lowest BCUT2D eigenvalue weighted by Gasteiger charge is -1.96. The van der Waals surface area contributed by atoms with Crippen LogP contribution >= 0.6 is 11.6 Å². The maximum atomic E-state index is 5.90. The Morgan fingerprint density at radius 1 is 1.00 bits per heavy atom. The average Bonchev–Trinajstić information content (AvgIpc) is 2.75. The van der Waals surface area contributed by atoms with Crippen molar-refractivity contribution in [1.82, 2.24) is 4.40 Å². The summed E-state index contributed by atoms with van der Waals surface area (Å²) in [6.45, 7) is 2.13. The number of hydrogen-bond donors (Lipinski definition) is 0. The summed E-state index contributed by atoms with van der Waals surface area (Å²) in [4.78, 5) is 0. The van der Waals surface area contributed by atoms with Gasteiger partial charge in [0.2, 0.25) is 0 Å². The Kier molecular flexibility index (Phi) is 2.41. The van der Waals surface area contributed by atoms with E-state index in [-0.39, 0.29) is 0 Å². The van der Waals surface area contributed by atoms with Crippen LogP contribution in [-0.2, 0) is 0 Å². The molecule has 0 unspecified atom stereocenters. The third-order valence-corrected chi connectivity index (χ3v) is 3.28. The SMILES string of the molecule is Cc1cccn2cc(-c3ccc(Cl)cc3)cc12. The highest BCUT2D eigenvalue weighted by Crippen LogP contribution is 2.25. The van der Waals surface area contributed by atoms with Crippen LogP contribution in [0.1, 0.15) is 5.56 Å². The number of fused-ring (bicyclic) bond motifs is 1. The van der Waals surface area contributed by atoms with E-state index >= 15 is 0 Å². The lowest BCUT2D eigenvalue weighted by molar-refractivity contribution is 1.18. The molecule has 1 aromatic carbocycles. The van der Waals surface area contributed by atoms with Crippen molar-refractivity contribution in [3.05, 3.63) is 65.4 Å². The third kappa shape index (κ3) is 1.83. The first-order valence-electron chi connectivity index (χ1n) is 5.57. The Balaban J connectivity index is 2.18. The molecule has 0 atom stereocenters. The number of nitrogens with zero attached hydrogens (tertiary/aromatic N) is 1. The number of benzene rings is 1. The van der Waals surface area contributed by atoms with Crippen LogP contribution in [0.15, 0.2) is 54.9 Å². The normalized spacial score (nSPS) is 10.9. The average molecular weight is 242 g/mol. The summed E-state index contributed by atoms with van der Waals surface area (Å²) in [5.41, 5.74) is 4.94. The van der Waals surface area contributed by atoms with E-state index in [9.17, 15) is 0 Å². The van der Waals surface area contributed by atoms with Crippen molar-refractivity contribution in [3.8, 4) is 11.1 Å². The van der Waals surface area contributed by atoms with Gasteiger partial charge in [0.05, 0.1) is 0 Å². The largest absolute Gasteiger partial charge is 0.323 e. The Morgan fingerprint density at radius 3 is 2.47 bits per heavy atom. The molecule has 0 saturated heterocycles. The van der Waals surface area contributed by atoms with E-state index in [2.05, 4.69) is 41.9 Å². The van der Waals surface area contributed by atoms with Crippen LogP contribution in [0.4, 0.5) is 0 Å². The van der Waals surface area contributed by atoms with Gasteiger partial charge in [-0.05, 0) is 42.3 Å². The summed E-state index contributed by atoms with van der Waals surface area (Å²) in [5, 5.41) is 0.772. The van der Waals surface area contributed by atoms with Crippen LogP contribution in [0.5, 0.6) is 0 Å². The predicted molar refractivity (Wildman–Crippen MR) is 72.6 cm³/mol. The van der Waals surface area contributed by atoms with Crippen molar-refractivity contribution >= 4 is 17.1 Å². The zero-order valence-corrected chi connectivity index (χ0v) is 10.3. The summed E-state index contributed by atoms with van der Waals surface area (Å²) in [5.74, 6) is 0. The van der Waals surface area contributed by atoms with Gasteiger partial charge in [-0.25, -0.2) is 0 Å². The zero-order chi connectivity index (χ0) is 11.8. The molecule has 0 spiro atoms. The molecule has 0 amide bonds. The Morgan fingerprint density at radius 2 is 1.76 bits per heavy atom. The molecule has 17 heavy (non-hydrogen) atoms. The summed E-state index contributed by atoms with van der Waals surface area (Å²) < 4.78 is 2.15. The fraction of sp³-hybridized carbons (Fsp3) is 0.0667. The first-order valence-corrected chi connectivity index (χ1v) is 5.95. The second-order valence-electron chi connectivity index (χ2n) is 4.22. The molecule has 2 heteroatoms. The van der Waals surface area contributed by atoms with Gasteiger partial charge < -0.3 is 4.40 Å². The molecule has 2 aromatic heterocycles. The molecular formula is C15H12ClN. The number of rotatable bonds is 1. The van der Waals surface area contributed by atoms with Crippen LogP contribution in [0.3, 0.4) is 0 Å². The van der Waals surface area contributed by atoms with Gasteiger partial charge >= 0.3 is 0 Å². The van der Waals surface area contributed by atoms with Crippen molar-refractivity contribution in [1.29, 1.82) is 0 Å². The smallest absolute Gasteiger partial charge is 0.0485 e. The van der Waals surface area contributed by atoms with Gasteiger partial charge in [0.1, 0.15) is 0 Å². The molecule has 1 nitrogen and oxygen atoms in total. The molecule has 0 aliphatic heterocycles. The van der Waals surface area contributed by atoms with Gasteiger partial charge in [0.15, 0.2) is 0 Å². The number of halogens is 1. The summed E-state index contributed by atoms with van der Waals surface area (Å²) in [6.07, 6.45) is 4.22. The minimum atomic E-state index is 0.772. The van der Waals surface area contributed by atoms with Gasteiger partial charge in [-0.1, -0.05) is 29.8 Å². The molecule has 0 aliphatic rings. The van der Waals surface area contributed by atoms with Crippen LogP contribution in [-0.4, -0.2) is 4.40 Å². The number of hydrogen-bond acceptors (Lipinski definition) is 0. The van der Waals surface area contributed by atoms with Gasteiger partial charge in [-0.3, -0.25) is 0 Å². The molecule has 0 bridgehead atoms. The van der Waals surface area contributed by atoms with Crippen molar-refractivity contribution in [3.63, 3.8) is 0 Å². The number of aromatic nitrogens is 1. The summed E-state index contributed by atoms with van der Waals surface area (Å²) in [7, 11) is 0. The lowest BCUT2D eigenvalue weighted by Crippen LogP contribution is -1.82. The molecule has 0 aliphatic carbocycles. The molecule has 2 heterocycles. The van der Waals surface area contributed by atoms with E-state index in [1.165, 1.54) is 22.2 Å². The van der Waals surface area contributed by atoms with Crippen molar-refractivity contribution in [2.75, 3.05) is 0 Å². The highest BCUT2D eigenvalue weighted by molar-refractivity contribution is 6.30. The van der Waals surface area contributed by atoms with E-state index < -0.39 is 0 Å². The first-order chi connectivity index (χ1) is 8.24. The standard InChI is InChI=1S/C15H12ClN/c1-11-3-2-8-17-10-13(9-15(11)17)12-4-6-14(16)7-5-12/h2-10H,1H3. The highest BCUT2D eigenvalue weighted by Gasteiger charge is 2.03.